The van der Waals surface area contributed by atoms with Gasteiger partial charge in [0.1, 0.15) is 5.75 Å². The molecule has 0 aliphatic heterocycles. The Kier molecular flexibility index (Phi) is 7.44. The minimum Gasteiger partial charge on any atom is -0.497 e. The molecule has 6 rings (SSSR count). The highest BCUT2D eigenvalue weighted by molar-refractivity contribution is 7.19. The summed E-state index contributed by atoms with van der Waals surface area (Å²) in [5, 5.41) is 9.23. The van der Waals surface area contributed by atoms with Crippen LogP contribution in [0.1, 0.15) is 38.4 Å². The average molecular weight is 649 g/mol. The fourth-order valence-corrected chi connectivity index (χ4v) is 7.15. The Morgan fingerprint density at radius 2 is 1.39 bits per heavy atom. The largest absolute Gasteiger partial charge is 0.497 e. The Bertz CT molecular complexity index is 2160. The van der Waals surface area contributed by atoms with E-state index in [0.717, 1.165) is 16.9 Å². The number of nitrogens with zero attached hydrogens (tertiary/aromatic N) is 2. The lowest BCUT2D eigenvalue weighted by atomic mass is 9.91. The lowest BCUT2D eigenvalue weighted by molar-refractivity contribution is -0.254. The number of nitriles is 1. The second-order valence-corrected chi connectivity index (χ2v) is 12.4. The number of allylic oxidation sites excluding steroid dienone is 4. The summed E-state index contributed by atoms with van der Waals surface area (Å²) < 4.78 is 101. The number of benzene rings is 3. The first-order chi connectivity index (χ1) is 21.7. The number of rotatable bonds is 6. The number of methoxy groups -OCH3 is 1. The van der Waals surface area contributed by atoms with Gasteiger partial charge in [-0.1, -0.05) is 48.6 Å². The van der Waals surface area contributed by atoms with Crippen molar-refractivity contribution in [2.24, 2.45) is 7.05 Å². The molecule has 46 heavy (non-hydrogen) atoms. The van der Waals surface area contributed by atoms with Crippen LogP contribution in [0.4, 0.5) is 26.3 Å². The number of thiophene rings is 1. The van der Waals surface area contributed by atoms with E-state index in [1.165, 1.54) is 37.7 Å². The van der Waals surface area contributed by atoms with Gasteiger partial charge in [-0.05, 0) is 61.4 Å². The quantitative estimate of drug-likeness (QED) is 0.136. The first-order valence-corrected chi connectivity index (χ1v) is 15.0. The van der Waals surface area contributed by atoms with Crippen LogP contribution < -0.4 is 4.74 Å². The fraction of sp³-hybridized carbons (Fsp3) is 0.194. The van der Waals surface area contributed by atoms with Crippen LogP contribution in [-0.4, -0.2) is 29.4 Å². The molecule has 0 atom stereocenters. The highest BCUT2D eigenvalue weighted by atomic mass is 32.1. The number of ether oxygens (including phenoxy) is 1. The van der Waals surface area contributed by atoms with E-state index in [2.05, 4.69) is 6.07 Å². The van der Waals surface area contributed by atoms with Crippen molar-refractivity contribution < 1.29 is 31.1 Å². The Morgan fingerprint density at radius 3 is 2.02 bits per heavy atom. The van der Waals surface area contributed by atoms with E-state index in [0.29, 0.717) is 21.3 Å². The molecule has 0 saturated carbocycles. The van der Waals surface area contributed by atoms with Crippen molar-refractivity contribution >= 4 is 55.6 Å². The molecule has 1 aliphatic carbocycles. The highest BCUT2D eigenvalue weighted by Crippen LogP contribution is 2.66. The summed E-state index contributed by atoms with van der Waals surface area (Å²) in [4.78, 5) is 0.216. The van der Waals surface area contributed by atoms with E-state index in [1.807, 2.05) is 6.08 Å². The zero-order valence-electron chi connectivity index (χ0n) is 25.1. The minimum absolute atomic E-state index is 0.110. The molecule has 5 aromatic rings. The number of hydrogen-bond donors (Lipinski definition) is 0. The van der Waals surface area contributed by atoms with E-state index >= 15 is 26.3 Å². The van der Waals surface area contributed by atoms with E-state index < -0.39 is 28.9 Å². The van der Waals surface area contributed by atoms with Crippen molar-refractivity contribution in [3.63, 3.8) is 0 Å². The topological polar surface area (TPSA) is 37.9 Å². The number of alkyl halides is 6. The summed E-state index contributed by atoms with van der Waals surface area (Å²) in [5.41, 5.74) is -0.735. The molecule has 0 bridgehead atoms. The van der Waals surface area contributed by atoms with Crippen molar-refractivity contribution in [2.45, 2.75) is 31.6 Å². The van der Waals surface area contributed by atoms with Crippen LogP contribution in [0.5, 0.6) is 5.75 Å². The fourth-order valence-electron chi connectivity index (χ4n) is 6.03. The predicted molar refractivity (Wildman–Crippen MR) is 172 cm³/mol. The van der Waals surface area contributed by atoms with Crippen molar-refractivity contribution in [1.29, 1.82) is 5.26 Å². The number of aryl methyl sites for hydroxylation is 2. The van der Waals surface area contributed by atoms with Gasteiger partial charge in [0.25, 0.3) is 0 Å². The SMILES string of the molecule is COc1ccc2c(c1)c(C1=C(c3c(C)sc4cc(C=CC=Cc5ccc(C#N)cc5)ccc34)C(F)(F)C(F)(F)C1(F)F)c(C)n2C. The highest BCUT2D eigenvalue weighted by Gasteiger charge is 2.80. The first-order valence-electron chi connectivity index (χ1n) is 14.1. The third-order valence-corrected chi connectivity index (χ3v) is 9.55. The average Bonchev–Trinajstić information content (AvgIpc) is 3.51. The van der Waals surface area contributed by atoms with Gasteiger partial charge in [0.2, 0.25) is 0 Å². The molecule has 0 amide bonds. The molecular weight excluding hydrogens is 622 g/mol. The number of fused-ring (bicyclic) bond motifs is 2. The van der Waals surface area contributed by atoms with Crippen LogP contribution in [0, 0.1) is 25.2 Å². The normalized spacial score (nSPS) is 17.2. The van der Waals surface area contributed by atoms with Gasteiger partial charge in [0, 0.05) is 60.9 Å². The Balaban J connectivity index is 1.52. The standard InChI is InChI=1S/C36H26F6N2OS/c1-20-30(27-18-25(45-4)14-16-28(27)44(20)3)32-33(35(39,40)36(41,42)34(32,37)38)31-21(2)46-29-17-23(13-15-26(29)31)8-6-5-7-22-9-11-24(19-43)12-10-22/h5-18H,1-4H3. The van der Waals surface area contributed by atoms with Gasteiger partial charge >= 0.3 is 17.8 Å². The summed E-state index contributed by atoms with van der Waals surface area (Å²) in [7, 11) is 2.93. The third kappa shape index (κ3) is 4.56. The molecule has 2 heterocycles. The molecule has 0 fully saturated rings. The van der Waals surface area contributed by atoms with Gasteiger partial charge in [-0.2, -0.15) is 31.6 Å². The van der Waals surface area contributed by atoms with Crippen molar-refractivity contribution in [2.75, 3.05) is 7.11 Å². The number of hydrogen-bond acceptors (Lipinski definition) is 3. The Labute approximate surface area is 265 Å². The van der Waals surface area contributed by atoms with Gasteiger partial charge < -0.3 is 9.30 Å². The molecular formula is C36H26F6N2OS. The zero-order chi connectivity index (χ0) is 33.2. The molecule has 1 aliphatic rings. The molecule has 0 spiro atoms. The molecule has 3 nitrogen and oxygen atoms in total. The van der Waals surface area contributed by atoms with Crippen LogP contribution >= 0.6 is 11.3 Å². The maximum Gasteiger partial charge on any atom is 0.380 e. The minimum atomic E-state index is -5.68. The van der Waals surface area contributed by atoms with Crippen LogP contribution in [0.15, 0.2) is 72.8 Å². The molecule has 10 heteroatoms. The smallest absolute Gasteiger partial charge is 0.380 e. The number of aromatic nitrogens is 1. The molecule has 3 aromatic carbocycles. The lowest BCUT2D eigenvalue weighted by Gasteiger charge is -2.26. The zero-order valence-corrected chi connectivity index (χ0v) is 25.9. The molecule has 0 unspecified atom stereocenters. The van der Waals surface area contributed by atoms with Crippen molar-refractivity contribution in [3.05, 3.63) is 111 Å². The second-order valence-electron chi connectivity index (χ2n) is 11.1. The van der Waals surface area contributed by atoms with Crippen molar-refractivity contribution in [3.8, 4) is 11.8 Å². The number of halogens is 6. The van der Waals surface area contributed by atoms with Gasteiger partial charge in [0.05, 0.1) is 18.7 Å². The van der Waals surface area contributed by atoms with Crippen LogP contribution in [0.25, 0.3) is 44.3 Å². The predicted octanol–water partition coefficient (Wildman–Crippen LogP) is 10.4. The van der Waals surface area contributed by atoms with E-state index in [1.54, 1.807) is 73.8 Å². The first kappa shape index (κ1) is 31.2. The Hall–Kier alpha value is -4.75. The van der Waals surface area contributed by atoms with E-state index in [-0.39, 0.29) is 38.2 Å². The summed E-state index contributed by atoms with van der Waals surface area (Å²) in [5.74, 6) is -15.8. The van der Waals surface area contributed by atoms with E-state index in [9.17, 15) is 0 Å². The van der Waals surface area contributed by atoms with Crippen LogP contribution in [-0.2, 0) is 7.05 Å². The summed E-state index contributed by atoms with van der Waals surface area (Å²) in [6, 6.07) is 18.5. The van der Waals surface area contributed by atoms with Gasteiger partial charge in [-0.3, -0.25) is 0 Å². The third-order valence-electron chi connectivity index (χ3n) is 8.48. The maximum atomic E-state index is 15.9. The maximum absolute atomic E-state index is 15.9. The molecule has 0 radical (unpaired) electrons. The lowest BCUT2D eigenvalue weighted by Crippen LogP contribution is -2.49. The Morgan fingerprint density at radius 1 is 0.783 bits per heavy atom. The molecule has 2 aromatic heterocycles. The van der Waals surface area contributed by atoms with Gasteiger partial charge in [0.15, 0.2) is 0 Å². The molecule has 234 valence electrons. The second kappa shape index (κ2) is 11.0. The summed E-state index contributed by atoms with van der Waals surface area (Å²) in [6.45, 7) is 2.92. The van der Waals surface area contributed by atoms with Gasteiger partial charge in [-0.25, -0.2) is 0 Å². The van der Waals surface area contributed by atoms with Gasteiger partial charge in [-0.15, -0.1) is 11.3 Å². The monoisotopic (exact) mass is 648 g/mol. The van der Waals surface area contributed by atoms with Crippen molar-refractivity contribution in [1.82, 2.24) is 4.57 Å². The van der Waals surface area contributed by atoms with E-state index in [4.69, 9.17) is 10.00 Å². The summed E-state index contributed by atoms with van der Waals surface area (Å²) in [6.07, 6.45) is 7.17. The van der Waals surface area contributed by atoms with Crippen LogP contribution in [0.3, 0.4) is 0 Å². The van der Waals surface area contributed by atoms with Crippen LogP contribution in [0.2, 0.25) is 0 Å². The summed E-state index contributed by atoms with van der Waals surface area (Å²) >= 11 is 1.08. The molecule has 0 saturated heterocycles. The molecule has 0 N–H and O–H groups in total.